The molecule has 14 aromatic rings. The minimum atomic E-state index is -0.195. The Labute approximate surface area is 465 Å². The average Bonchev–Trinajstić information content (AvgIpc) is 4.24. The second-order valence-electron chi connectivity index (χ2n) is 23.1. The number of unbranched alkanes of at least 4 members (excludes halogenated alkanes) is 1. The first kappa shape index (κ1) is 46.6. The molecule has 11 aromatic carbocycles. The van der Waals surface area contributed by atoms with E-state index in [1.54, 1.807) is 0 Å². The maximum absolute atomic E-state index is 7.47. The van der Waals surface area contributed by atoms with Crippen molar-refractivity contribution in [2.75, 3.05) is 4.90 Å². The van der Waals surface area contributed by atoms with Crippen LogP contribution in [0.15, 0.2) is 235 Å². The molecule has 0 fully saturated rings. The monoisotopic (exact) mass is 1030 g/mol. The summed E-state index contributed by atoms with van der Waals surface area (Å²) in [4.78, 5) is 2.60. The van der Waals surface area contributed by atoms with Crippen LogP contribution in [0.1, 0.15) is 51.7 Å². The molecule has 80 heavy (non-hydrogen) atoms. The van der Waals surface area contributed by atoms with Crippen molar-refractivity contribution in [2.24, 2.45) is 0 Å². The Balaban J connectivity index is 0.950. The van der Waals surface area contributed by atoms with Crippen LogP contribution in [-0.2, 0) is 11.8 Å². The van der Waals surface area contributed by atoms with Crippen molar-refractivity contribution < 1.29 is 9.15 Å². The normalized spacial score (nSPS) is 12.9. The Morgan fingerprint density at radius 1 is 0.412 bits per heavy atom. The SMILES string of the molecule is CCCCc1cc2oc3ccccc3c2cc1N1c2cc(-n3c4ccccc4c4cc(-c5ccccc5)ccc43)ccc2B2c3ccc(-n4c5ccccc5c5cc(-c6ccccc6)ccc54)cc3Oc3cc(C(C)(C)C)cc1c32. The molecule has 5 heterocycles. The molecule has 0 radical (unpaired) electrons. The highest BCUT2D eigenvalue weighted by Gasteiger charge is 2.44. The Bertz CT molecular complexity index is 4850. The first-order chi connectivity index (χ1) is 39.3. The topological polar surface area (TPSA) is 35.5 Å². The van der Waals surface area contributed by atoms with Crippen molar-refractivity contribution in [3.8, 4) is 45.1 Å². The maximum atomic E-state index is 7.47. The Morgan fingerprint density at radius 2 is 0.988 bits per heavy atom. The summed E-state index contributed by atoms with van der Waals surface area (Å²) < 4.78 is 19.0. The highest BCUT2D eigenvalue weighted by Crippen LogP contribution is 2.48. The smallest absolute Gasteiger partial charge is 0.256 e. The fourth-order valence-corrected chi connectivity index (χ4v) is 13.4. The van der Waals surface area contributed by atoms with Crippen LogP contribution >= 0.6 is 0 Å². The van der Waals surface area contributed by atoms with Crippen molar-refractivity contribution >= 4 is 106 Å². The van der Waals surface area contributed by atoms with Crippen LogP contribution in [0.5, 0.6) is 11.5 Å². The van der Waals surface area contributed by atoms with E-state index in [-0.39, 0.29) is 12.1 Å². The number of aryl methyl sites for hydroxylation is 1. The van der Waals surface area contributed by atoms with Gasteiger partial charge in [-0.05, 0) is 153 Å². The van der Waals surface area contributed by atoms with Crippen LogP contribution < -0.4 is 26.0 Å². The molecule has 6 heteroatoms. The molecule has 0 atom stereocenters. The highest BCUT2D eigenvalue weighted by molar-refractivity contribution is 6.99. The van der Waals surface area contributed by atoms with Crippen LogP contribution in [0.25, 0.3) is 99.2 Å². The molecule has 5 nitrogen and oxygen atoms in total. The molecule has 0 unspecified atom stereocenters. The van der Waals surface area contributed by atoms with Crippen molar-refractivity contribution in [1.29, 1.82) is 0 Å². The van der Waals surface area contributed by atoms with E-state index in [2.05, 4.69) is 272 Å². The van der Waals surface area contributed by atoms with Crippen LogP contribution in [0.3, 0.4) is 0 Å². The molecule has 382 valence electrons. The number of anilines is 3. The van der Waals surface area contributed by atoms with Gasteiger partial charge in [-0.1, -0.05) is 174 Å². The summed E-state index contributed by atoms with van der Waals surface area (Å²) in [6, 6.07) is 85.2. The molecule has 0 bridgehead atoms. The van der Waals surface area contributed by atoms with Gasteiger partial charge in [0.15, 0.2) is 0 Å². The zero-order chi connectivity index (χ0) is 53.4. The number of para-hydroxylation sites is 3. The second-order valence-corrected chi connectivity index (χ2v) is 23.1. The van der Waals surface area contributed by atoms with Gasteiger partial charge < -0.3 is 23.2 Å². The zero-order valence-electron chi connectivity index (χ0n) is 45.3. The van der Waals surface area contributed by atoms with Gasteiger partial charge in [0.05, 0.1) is 27.8 Å². The van der Waals surface area contributed by atoms with Gasteiger partial charge in [-0.3, -0.25) is 0 Å². The molecule has 2 aliphatic heterocycles. The molecule has 0 amide bonds. The summed E-state index contributed by atoms with van der Waals surface area (Å²) in [7, 11) is 0. The Kier molecular flexibility index (Phi) is 10.3. The van der Waals surface area contributed by atoms with Gasteiger partial charge in [0, 0.05) is 61.1 Å². The summed E-state index contributed by atoms with van der Waals surface area (Å²) in [5.74, 6) is 1.77. The van der Waals surface area contributed by atoms with Gasteiger partial charge in [-0.2, -0.15) is 0 Å². The van der Waals surface area contributed by atoms with Gasteiger partial charge >= 0.3 is 0 Å². The summed E-state index contributed by atoms with van der Waals surface area (Å²) in [6.45, 7) is 9.12. The molecule has 0 spiro atoms. The predicted octanol–water partition coefficient (Wildman–Crippen LogP) is 18.2. The van der Waals surface area contributed by atoms with Crippen molar-refractivity contribution in [3.63, 3.8) is 0 Å². The van der Waals surface area contributed by atoms with E-state index in [9.17, 15) is 0 Å². The number of rotatable bonds is 8. The fraction of sp³-hybridized carbons (Fsp3) is 0.108. The Morgan fingerprint density at radius 3 is 1.62 bits per heavy atom. The lowest BCUT2D eigenvalue weighted by Gasteiger charge is -2.42. The summed E-state index contributed by atoms with van der Waals surface area (Å²) in [5, 5.41) is 7.14. The summed E-state index contributed by atoms with van der Waals surface area (Å²) >= 11 is 0. The summed E-state index contributed by atoms with van der Waals surface area (Å²) in [5.41, 5.74) is 22.8. The van der Waals surface area contributed by atoms with Gasteiger partial charge in [-0.15, -0.1) is 0 Å². The van der Waals surface area contributed by atoms with Crippen LogP contribution in [0.2, 0.25) is 0 Å². The predicted molar refractivity (Wildman–Crippen MR) is 336 cm³/mol. The van der Waals surface area contributed by atoms with E-state index in [1.165, 1.54) is 82.6 Å². The van der Waals surface area contributed by atoms with Crippen molar-refractivity contribution in [2.45, 2.75) is 52.4 Å². The number of benzene rings is 11. The molecular weight excluding hydrogens is 974 g/mol. The first-order valence-corrected chi connectivity index (χ1v) is 28.3. The van der Waals surface area contributed by atoms with E-state index in [4.69, 9.17) is 9.15 Å². The lowest BCUT2D eigenvalue weighted by molar-refractivity contribution is 0.483. The molecule has 2 aliphatic rings. The van der Waals surface area contributed by atoms with Gasteiger partial charge in [0.25, 0.3) is 6.71 Å². The minimum Gasteiger partial charge on any atom is -0.458 e. The molecular formula is C74H56BN3O2. The third-order valence-electron chi connectivity index (χ3n) is 17.3. The van der Waals surface area contributed by atoms with Crippen LogP contribution in [-0.4, -0.2) is 15.8 Å². The number of ether oxygens (including phenoxy) is 1. The third-order valence-corrected chi connectivity index (χ3v) is 17.3. The van der Waals surface area contributed by atoms with Crippen molar-refractivity contribution in [3.05, 3.63) is 242 Å². The number of furan rings is 1. The van der Waals surface area contributed by atoms with Crippen LogP contribution in [0, 0.1) is 0 Å². The molecule has 3 aromatic heterocycles. The second kappa shape index (κ2) is 17.8. The standard InChI is InChI=1S/C74H56BN3O2/c1-5-6-19-50-40-70-59(56-26-15-18-29-69(56)79-70)45-66(50)78-67-43-52(76-62-27-16-13-24-54(62)57-38-48(30-36-64(57)76)46-20-9-7-10-21-46)32-34-60(67)75-61-35-33-53(44-71(61)80-72-42-51(74(2,3)4)41-68(78)73(72)75)77-63-28-17-14-25-55(63)58-39-49(31-37-65(58)77)47-22-11-8-12-23-47/h7-18,20-45H,5-6,19H2,1-4H3. The lowest BCUT2D eigenvalue weighted by Crippen LogP contribution is -2.59. The molecule has 0 saturated carbocycles. The number of hydrogen-bond donors (Lipinski definition) is 0. The molecule has 0 saturated heterocycles. The fourth-order valence-electron chi connectivity index (χ4n) is 13.4. The van der Waals surface area contributed by atoms with E-state index in [0.29, 0.717) is 0 Å². The first-order valence-electron chi connectivity index (χ1n) is 28.3. The van der Waals surface area contributed by atoms with Gasteiger partial charge in [0.1, 0.15) is 22.7 Å². The number of fused-ring (bicyclic) bond motifs is 13. The van der Waals surface area contributed by atoms with Crippen LogP contribution in [0.4, 0.5) is 17.1 Å². The van der Waals surface area contributed by atoms with E-state index in [0.717, 1.165) is 91.9 Å². The third kappa shape index (κ3) is 7.11. The molecule has 16 rings (SSSR count). The summed E-state index contributed by atoms with van der Waals surface area (Å²) in [6.07, 6.45) is 3.03. The highest BCUT2D eigenvalue weighted by atomic mass is 16.5. The maximum Gasteiger partial charge on any atom is 0.256 e. The molecule has 0 aliphatic carbocycles. The average molecular weight is 1030 g/mol. The number of nitrogens with zero attached hydrogens (tertiary/aromatic N) is 3. The van der Waals surface area contributed by atoms with Gasteiger partial charge in [-0.25, -0.2) is 0 Å². The van der Waals surface area contributed by atoms with Crippen molar-refractivity contribution in [1.82, 2.24) is 9.13 Å². The lowest BCUT2D eigenvalue weighted by atomic mass is 9.34. The van der Waals surface area contributed by atoms with E-state index >= 15 is 0 Å². The van der Waals surface area contributed by atoms with E-state index < -0.39 is 0 Å². The zero-order valence-corrected chi connectivity index (χ0v) is 45.3. The largest absolute Gasteiger partial charge is 0.458 e. The van der Waals surface area contributed by atoms with Gasteiger partial charge in [0.2, 0.25) is 0 Å². The Hall–Kier alpha value is -9.52. The number of aromatic nitrogens is 2. The molecule has 0 N–H and O–H groups in total. The van der Waals surface area contributed by atoms with E-state index in [1.807, 2.05) is 0 Å². The number of hydrogen-bond acceptors (Lipinski definition) is 3. The quantitative estimate of drug-likeness (QED) is 0.142. The minimum absolute atomic E-state index is 0.122.